The molecule has 1 unspecified atom stereocenters. The van der Waals surface area contributed by atoms with Gasteiger partial charge in [-0.2, -0.15) is 0 Å². The van der Waals surface area contributed by atoms with Crippen LogP contribution >= 0.6 is 16.0 Å². The normalized spacial score (nSPS) is 16.1. The number of hydrogen-bond acceptors (Lipinski definition) is 1. The van der Waals surface area contributed by atoms with Crippen LogP contribution in [0.4, 0.5) is 0 Å². The van der Waals surface area contributed by atoms with Gasteiger partial charge in [0.1, 0.15) is 0 Å². The summed E-state index contributed by atoms with van der Waals surface area (Å²) in [7, 11) is 1.08. The Kier molecular flexibility index (Phi) is 7.70. The van der Waals surface area contributed by atoms with Crippen LogP contribution in [0.1, 0.15) is 6.92 Å². The van der Waals surface area contributed by atoms with E-state index in [-0.39, 0.29) is 0 Å². The fraction of sp³-hybridized carbons (Fsp3) is 0.125. The van der Waals surface area contributed by atoms with E-state index in [0.717, 1.165) is 0 Å². The van der Waals surface area contributed by atoms with Crippen molar-refractivity contribution in [3.8, 4) is 0 Å². The molecule has 5 rings (SSSR count). The van der Waals surface area contributed by atoms with Gasteiger partial charge >= 0.3 is 0 Å². The molecule has 0 amide bonds. The van der Waals surface area contributed by atoms with Gasteiger partial charge in [-0.05, 0) is 48.4 Å². The lowest BCUT2D eigenvalue weighted by atomic mass is 10.0. The Balaban J connectivity index is 1.51. The number of allylic oxidation sites excluding steroid dienone is 2. The van der Waals surface area contributed by atoms with E-state index in [4.69, 9.17) is 0 Å². The maximum Gasteiger partial charge on any atom is 0.0281 e. The molecule has 0 saturated carbocycles. The summed E-state index contributed by atoms with van der Waals surface area (Å²) in [6, 6.07) is 44.5. The molecule has 4 aromatic rings. The molecule has 3 heteroatoms. The topological polar surface area (TPSA) is 3.24 Å². The maximum absolute atomic E-state index is 2.62. The summed E-state index contributed by atoms with van der Waals surface area (Å²) in [5, 5.41) is 7.15. The lowest BCUT2D eigenvalue weighted by Crippen LogP contribution is -2.37. The summed E-state index contributed by atoms with van der Waals surface area (Å²) >= 11 is 0. The minimum absolute atomic E-state index is 0.351. The Labute approximate surface area is 212 Å². The van der Waals surface area contributed by atoms with Crippen LogP contribution in [0.5, 0.6) is 0 Å². The van der Waals surface area contributed by atoms with Crippen LogP contribution in [-0.2, 0) is 0 Å². The van der Waals surface area contributed by atoms with Gasteiger partial charge in [0, 0.05) is 20.0 Å². The second-order valence-electron chi connectivity index (χ2n) is 8.81. The Morgan fingerprint density at radius 2 is 1.00 bits per heavy atom. The van der Waals surface area contributed by atoms with Crippen LogP contribution in [0.2, 0.25) is 0 Å². The standard InChI is InChI=1S/C32H31NP2/c1-26(33(2)35(29-20-11-5-12-21-29)30-22-13-6-14-23-30)31-24-15-25-32(31)34(27-16-7-3-8-17-27)28-18-9-4-10-19-28/h3-26,31H,1-2H3/t26-,31?/m1/s1. The van der Waals surface area contributed by atoms with Gasteiger partial charge in [-0.1, -0.05) is 140 Å². The van der Waals surface area contributed by atoms with Gasteiger partial charge in [-0.3, -0.25) is 4.67 Å². The van der Waals surface area contributed by atoms with E-state index in [1.165, 1.54) is 26.5 Å². The summed E-state index contributed by atoms with van der Waals surface area (Å²) in [6.07, 6.45) is 7.08. The predicted molar refractivity (Wildman–Crippen MR) is 156 cm³/mol. The molecule has 0 aliphatic heterocycles. The molecule has 1 aliphatic carbocycles. The first kappa shape index (κ1) is 23.9. The highest BCUT2D eigenvalue weighted by Gasteiger charge is 2.34. The molecular weight excluding hydrogens is 460 g/mol. The SMILES string of the molecule is C[C@H](C1C=CC=C1P(c1ccccc1)c1ccccc1)N(C)P(c1ccccc1)c1ccccc1. The van der Waals surface area contributed by atoms with Crippen molar-refractivity contribution in [3.63, 3.8) is 0 Å². The van der Waals surface area contributed by atoms with Crippen molar-refractivity contribution in [1.29, 1.82) is 0 Å². The Hall–Kier alpha value is -2.82. The van der Waals surface area contributed by atoms with Crippen molar-refractivity contribution in [1.82, 2.24) is 4.67 Å². The minimum Gasteiger partial charge on any atom is -0.274 e. The van der Waals surface area contributed by atoms with Gasteiger partial charge in [0.25, 0.3) is 0 Å². The van der Waals surface area contributed by atoms with Crippen LogP contribution in [0.3, 0.4) is 0 Å². The molecular formula is C32H31NP2. The summed E-state index contributed by atoms with van der Waals surface area (Å²) < 4.78 is 2.62. The van der Waals surface area contributed by atoms with Crippen LogP contribution in [0.15, 0.2) is 145 Å². The van der Waals surface area contributed by atoms with Crippen molar-refractivity contribution < 1.29 is 0 Å². The molecule has 0 aromatic heterocycles. The Morgan fingerprint density at radius 3 is 1.43 bits per heavy atom. The fourth-order valence-corrected chi connectivity index (χ4v) is 9.90. The molecule has 35 heavy (non-hydrogen) atoms. The summed E-state index contributed by atoms with van der Waals surface area (Å²) in [6.45, 7) is 2.40. The summed E-state index contributed by atoms with van der Waals surface area (Å²) in [5.74, 6) is 0.365. The molecule has 0 spiro atoms. The first-order valence-corrected chi connectivity index (χ1v) is 14.8. The highest BCUT2D eigenvalue weighted by atomic mass is 31.1. The molecule has 1 nitrogen and oxygen atoms in total. The Bertz CT molecular complexity index is 1190. The third-order valence-electron chi connectivity index (χ3n) is 6.64. The van der Waals surface area contributed by atoms with Crippen molar-refractivity contribution in [2.45, 2.75) is 13.0 Å². The molecule has 0 radical (unpaired) electrons. The summed E-state index contributed by atoms with van der Waals surface area (Å²) in [5.41, 5.74) is 0. The van der Waals surface area contributed by atoms with Gasteiger partial charge in [0.2, 0.25) is 0 Å². The second kappa shape index (κ2) is 11.3. The largest absolute Gasteiger partial charge is 0.274 e. The van der Waals surface area contributed by atoms with Crippen LogP contribution < -0.4 is 21.2 Å². The van der Waals surface area contributed by atoms with E-state index < -0.39 is 16.0 Å². The van der Waals surface area contributed by atoms with Gasteiger partial charge in [0.15, 0.2) is 0 Å². The third-order valence-corrected chi connectivity index (χ3v) is 11.8. The predicted octanol–water partition coefficient (Wildman–Crippen LogP) is 6.56. The second-order valence-corrected chi connectivity index (χ2v) is 13.3. The number of rotatable bonds is 8. The smallest absolute Gasteiger partial charge is 0.0281 e. The highest BCUT2D eigenvalue weighted by Crippen LogP contribution is 2.52. The first-order chi connectivity index (χ1) is 17.2. The molecule has 0 saturated heterocycles. The van der Waals surface area contributed by atoms with E-state index >= 15 is 0 Å². The van der Waals surface area contributed by atoms with E-state index in [9.17, 15) is 0 Å². The van der Waals surface area contributed by atoms with Crippen molar-refractivity contribution in [3.05, 3.63) is 145 Å². The van der Waals surface area contributed by atoms with Crippen molar-refractivity contribution in [2.24, 2.45) is 5.92 Å². The average Bonchev–Trinajstić information content (AvgIpc) is 3.40. The van der Waals surface area contributed by atoms with E-state index in [1.807, 2.05) is 0 Å². The van der Waals surface area contributed by atoms with Crippen LogP contribution in [-0.4, -0.2) is 17.8 Å². The molecule has 0 heterocycles. The van der Waals surface area contributed by atoms with Crippen molar-refractivity contribution in [2.75, 3.05) is 7.05 Å². The fourth-order valence-electron chi connectivity index (χ4n) is 4.78. The number of hydrogen-bond donors (Lipinski definition) is 0. The summed E-state index contributed by atoms with van der Waals surface area (Å²) in [4.78, 5) is 0. The first-order valence-electron chi connectivity index (χ1n) is 12.2. The molecule has 0 N–H and O–H groups in total. The molecule has 174 valence electrons. The van der Waals surface area contributed by atoms with Gasteiger partial charge in [0.05, 0.1) is 0 Å². The quantitative estimate of drug-likeness (QED) is 0.253. The van der Waals surface area contributed by atoms with Crippen LogP contribution in [0.25, 0.3) is 0 Å². The zero-order chi connectivity index (χ0) is 24.0. The maximum atomic E-state index is 2.62. The average molecular weight is 492 g/mol. The zero-order valence-electron chi connectivity index (χ0n) is 20.3. The highest BCUT2D eigenvalue weighted by molar-refractivity contribution is 7.76. The lowest BCUT2D eigenvalue weighted by molar-refractivity contribution is 0.381. The van der Waals surface area contributed by atoms with E-state index in [1.54, 1.807) is 0 Å². The van der Waals surface area contributed by atoms with Gasteiger partial charge < -0.3 is 0 Å². The molecule has 2 atom stereocenters. The van der Waals surface area contributed by atoms with E-state index in [2.05, 4.69) is 158 Å². The van der Waals surface area contributed by atoms with Gasteiger partial charge in [-0.25, -0.2) is 0 Å². The monoisotopic (exact) mass is 491 g/mol. The molecule has 0 fully saturated rings. The van der Waals surface area contributed by atoms with Gasteiger partial charge in [-0.15, -0.1) is 0 Å². The zero-order valence-corrected chi connectivity index (χ0v) is 22.1. The molecule has 4 aromatic carbocycles. The van der Waals surface area contributed by atoms with Crippen molar-refractivity contribution >= 4 is 37.2 Å². The third kappa shape index (κ3) is 5.24. The minimum atomic E-state index is -0.635. The number of benzene rings is 4. The number of nitrogens with zero attached hydrogens (tertiary/aromatic N) is 1. The molecule has 0 bridgehead atoms. The Morgan fingerprint density at radius 1 is 0.600 bits per heavy atom. The van der Waals surface area contributed by atoms with Crippen LogP contribution in [0, 0.1) is 5.92 Å². The van der Waals surface area contributed by atoms with E-state index in [0.29, 0.717) is 12.0 Å². The lowest BCUT2D eigenvalue weighted by Gasteiger charge is -2.38. The molecule has 1 aliphatic rings.